The molecule has 1 amide bonds. The first-order chi connectivity index (χ1) is 6.90. The Morgan fingerprint density at radius 2 is 2.13 bits per heavy atom. The lowest BCUT2D eigenvalue weighted by atomic mass is 9.90. The Kier molecular flexibility index (Phi) is 3.77. The molecule has 0 saturated carbocycles. The van der Waals surface area contributed by atoms with Gasteiger partial charge in [-0.2, -0.15) is 0 Å². The zero-order valence-electron chi connectivity index (χ0n) is 10.4. The van der Waals surface area contributed by atoms with E-state index in [1.54, 1.807) is 0 Å². The SMILES string of the molecule is CCCC1(C(=O)NC(C)(C)C)CCCN1. The van der Waals surface area contributed by atoms with Crippen LogP contribution in [0.5, 0.6) is 0 Å². The zero-order chi connectivity index (χ0) is 11.5. The van der Waals surface area contributed by atoms with Crippen LogP contribution >= 0.6 is 0 Å². The van der Waals surface area contributed by atoms with Gasteiger partial charge >= 0.3 is 0 Å². The van der Waals surface area contributed by atoms with Gasteiger partial charge in [-0.25, -0.2) is 0 Å². The second kappa shape index (κ2) is 4.52. The number of carbonyl (C=O) groups is 1. The number of amides is 1. The summed E-state index contributed by atoms with van der Waals surface area (Å²) in [4.78, 5) is 12.2. The van der Waals surface area contributed by atoms with Crippen LogP contribution in [-0.2, 0) is 4.79 Å². The van der Waals surface area contributed by atoms with Crippen molar-refractivity contribution in [2.45, 2.75) is 64.5 Å². The number of nitrogens with one attached hydrogen (secondary N) is 2. The third-order valence-corrected chi connectivity index (χ3v) is 2.84. The summed E-state index contributed by atoms with van der Waals surface area (Å²) in [6, 6.07) is 0. The van der Waals surface area contributed by atoms with E-state index in [0.29, 0.717) is 0 Å². The largest absolute Gasteiger partial charge is 0.350 e. The summed E-state index contributed by atoms with van der Waals surface area (Å²) in [6.45, 7) is 9.18. The Bertz CT molecular complexity index is 224. The molecule has 1 unspecified atom stereocenters. The summed E-state index contributed by atoms with van der Waals surface area (Å²) in [6.07, 6.45) is 4.07. The monoisotopic (exact) mass is 212 g/mol. The lowest BCUT2D eigenvalue weighted by molar-refractivity contribution is -0.128. The Hall–Kier alpha value is -0.570. The molecule has 0 aliphatic carbocycles. The van der Waals surface area contributed by atoms with E-state index >= 15 is 0 Å². The van der Waals surface area contributed by atoms with E-state index in [1.807, 2.05) is 20.8 Å². The van der Waals surface area contributed by atoms with E-state index < -0.39 is 0 Å². The molecule has 88 valence electrons. The van der Waals surface area contributed by atoms with Gasteiger partial charge in [-0.1, -0.05) is 13.3 Å². The molecular weight excluding hydrogens is 188 g/mol. The zero-order valence-corrected chi connectivity index (χ0v) is 10.4. The molecule has 1 aliphatic heterocycles. The summed E-state index contributed by atoms with van der Waals surface area (Å²) in [5, 5.41) is 6.47. The van der Waals surface area contributed by atoms with Crippen LogP contribution in [-0.4, -0.2) is 23.5 Å². The van der Waals surface area contributed by atoms with Crippen molar-refractivity contribution in [3.8, 4) is 0 Å². The summed E-state index contributed by atoms with van der Waals surface area (Å²) < 4.78 is 0. The van der Waals surface area contributed by atoms with Gasteiger partial charge in [0, 0.05) is 5.54 Å². The van der Waals surface area contributed by atoms with Gasteiger partial charge in [-0.3, -0.25) is 4.79 Å². The molecule has 0 bridgehead atoms. The van der Waals surface area contributed by atoms with Crippen LogP contribution in [0.25, 0.3) is 0 Å². The molecule has 3 heteroatoms. The third-order valence-electron chi connectivity index (χ3n) is 2.84. The highest BCUT2D eigenvalue weighted by atomic mass is 16.2. The van der Waals surface area contributed by atoms with Crippen molar-refractivity contribution in [1.29, 1.82) is 0 Å². The molecular formula is C12H24N2O. The molecule has 2 N–H and O–H groups in total. The maximum atomic E-state index is 12.2. The smallest absolute Gasteiger partial charge is 0.240 e. The predicted octanol–water partition coefficient (Wildman–Crippen LogP) is 1.82. The van der Waals surface area contributed by atoms with Crippen LogP contribution in [0, 0.1) is 0 Å². The normalized spacial score (nSPS) is 26.7. The average molecular weight is 212 g/mol. The molecule has 1 rings (SSSR count). The number of carbonyl (C=O) groups excluding carboxylic acids is 1. The van der Waals surface area contributed by atoms with Crippen LogP contribution in [0.3, 0.4) is 0 Å². The molecule has 3 nitrogen and oxygen atoms in total. The quantitative estimate of drug-likeness (QED) is 0.749. The van der Waals surface area contributed by atoms with Gasteiger partial charge in [0.2, 0.25) is 5.91 Å². The first-order valence-electron chi connectivity index (χ1n) is 5.97. The third kappa shape index (κ3) is 3.20. The van der Waals surface area contributed by atoms with Crippen molar-refractivity contribution in [2.75, 3.05) is 6.54 Å². The fourth-order valence-electron chi connectivity index (χ4n) is 2.21. The predicted molar refractivity (Wildman–Crippen MR) is 62.8 cm³/mol. The molecule has 1 saturated heterocycles. The molecule has 1 aliphatic rings. The van der Waals surface area contributed by atoms with Gasteiger partial charge in [0.25, 0.3) is 0 Å². The molecule has 1 atom stereocenters. The fraction of sp³-hybridized carbons (Fsp3) is 0.917. The van der Waals surface area contributed by atoms with Gasteiger partial charge in [0.15, 0.2) is 0 Å². The van der Waals surface area contributed by atoms with Crippen molar-refractivity contribution >= 4 is 5.91 Å². The molecule has 1 heterocycles. The Morgan fingerprint density at radius 1 is 1.47 bits per heavy atom. The number of hydrogen-bond acceptors (Lipinski definition) is 2. The van der Waals surface area contributed by atoms with Crippen LogP contribution in [0.2, 0.25) is 0 Å². The number of hydrogen-bond donors (Lipinski definition) is 2. The van der Waals surface area contributed by atoms with E-state index in [1.165, 1.54) is 0 Å². The minimum Gasteiger partial charge on any atom is -0.350 e. The average Bonchev–Trinajstić information content (AvgIpc) is 2.51. The molecule has 15 heavy (non-hydrogen) atoms. The molecule has 1 fully saturated rings. The van der Waals surface area contributed by atoms with Crippen molar-refractivity contribution in [2.24, 2.45) is 0 Å². The highest BCUT2D eigenvalue weighted by Gasteiger charge is 2.40. The van der Waals surface area contributed by atoms with Gasteiger partial charge in [0.1, 0.15) is 0 Å². The minimum atomic E-state index is -0.290. The Labute approximate surface area is 93.0 Å². The van der Waals surface area contributed by atoms with Crippen LogP contribution in [0.15, 0.2) is 0 Å². The molecule has 0 aromatic carbocycles. The molecule has 0 aromatic rings. The Balaban J connectivity index is 2.68. The fourth-order valence-corrected chi connectivity index (χ4v) is 2.21. The lowest BCUT2D eigenvalue weighted by Crippen LogP contribution is -2.57. The summed E-state index contributed by atoms with van der Waals surface area (Å²) in [5.74, 6) is 0.175. The summed E-state index contributed by atoms with van der Waals surface area (Å²) >= 11 is 0. The number of rotatable bonds is 3. The Morgan fingerprint density at radius 3 is 2.53 bits per heavy atom. The first-order valence-corrected chi connectivity index (χ1v) is 5.97. The van der Waals surface area contributed by atoms with Crippen LogP contribution in [0.1, 0.15) is 53.4 Å². The lowest BCUT2D eigenvalue weighted by Gasteiger charge is -2.32. The van der Waals surface area contributed by atoms with E-state index in [-0.39, 0.29) is 17.0 Å². The van der Waals surface area contributed by atoms with Crippen molar-refractivity contribution in [3.05, 3.63) is 0 Å². The highest BCUT2D eigenvalue weighted by molar-refractivity contribution is 5.87. The van der Waals surface area contributed by atoms with Crippen molar-refractivity contribution in [3.63, 3.8) is 0 Å². The van der Waals surface area contributed by atoms with Gasteiger partial charge in [-0.15, -0.1) is 0 Å². The van der Waals surface area contributed by atoms with Crippen LogP contribution in [0.4, 0.5) is 0 Å². The standard InChI is InChI=1S/C12H24N2O/c1-5-7-12(8-6-9-13-12)10(15)14-11(2,3)4/h13H,5-9H2,1-4H3,(H,14,15). The maximum Gasteiger partial charge on any atom is 0.240 e. The highest BCUT2D eigenvalue weighted by Crippen LogP contribution is 2.25. The summed E-state index contributed by atoms with van der Waals surface area (Å²) in [7, 11) is 0. The van der Waals surface area contributed by atoms with E-state index in [0.717, 1.165) is 32.2 Å². The van der Waals surface area contributed by atoms with Gasteiger partial charge in [0.05, 0.1) is 5.54 Å². The van der Waals surface area contributed by atoms with E-state index in [9.17, 15) is 4.79 Å². The topological polar surface area (TPSA) is 41.1 Å². The van der Waals surface area contributed by atoms with Gasteiger partial charge in [-0.05, 0) is 46.6 Å². The van der Waals surface area contributed by atoms with Crippen molar-refractivity contribution in [1.82, 2.24) is 10.6 Å². The second-order valence-electron chi connectivity index (χ2n) is 5.57. The maximum absolute atomic E-state index is 12.2. The van der Waals surface area contributed by atoms with E-state index in [4.69, 9.17) is 0 Å². The molecule has 0 radical (unpaired) electrons. The van der Waals surface area contributed by atoms with Crippen LogP contribution < -0.4 is 10.6 Å². The molecule has 0 aromatic heterocycles. The first kappa shape index (κ1) is 12.5. The van der Waals surface area contributed by atoms with Gasteiger partial charge < -0.3 is 10.6 Å². The van der Waals surface area contributed by atoms with Crippen molar-refractivity contribution < 1.29 is 4.79 Å². The summed E-state index contributed by atoms with van der Waals surface area (Å²) in [5.41, 5.74) is -0.426. The molecule has 0 spiro atoms. The minimum absolute atomic E-state index is 0.137. The second-order valence-corrected chi connectivity index (χ2v) is 5.57. The van der Waals surface area contributed by atoms with E-state index in [2.05, 4.69) is 17.6 Å².